The summed E-state index contributed by atoms with van der Waals surface area (Å²) < 4.78 is 0. The van der Waals surface area contributed by atoms with Gasteiger partial charge in [-0.1, -0.05) is 30.3 Å². The van der Waals surface area contributed by atoms with E-state index in [0.29, 0.717) is 0 Å². The third kappa shape index (κ3) is 2.65. The third-order valence-electron chi connectivity index (χ3n) is 3.94. The van der Waals surface area contributed by atoms with E-state index in [4.69, 9.17) is 0 Å². The number of rotatable bonds is 2. The smallest absolute Gasteiger partial charge is 0.0372 e. The summed E-state index contributed by atoms with van der Waals surface area (Å²) in [7, 11) is 0. The van der Waals surface area contributed by atoms with Gasteiger partial charge in [-0.25, -0.2) is 0 Å². The molecule has 2 aromatic rings. The molecular weight excluding hydrogens is 230 g/mol. The maximum absolute atomic E-state index is 3.38. The zero-order chi connectivity index (χ0) is 13.1. The van der Waals surface area contributed by atoms with Gasteiger partial charge in [-0.05, 0) is 61.1 Å². The monoisotopic (exact) mass is 250 g/mol. The van der Waals surface area contributed by atoms with Crippen LogP contribution in [0.5, 0.6) is 0 Å². The van der Waals surface area contributed by atoms with Crippen LogP contribution < -0.4 is 4.90 Å². The van der Waals surface area contributed by atoms with Gasteiger partial charge in [0.25, 0.3) is 0 Å². The van der Waals surface area contributed by atoms with Crippen molar-refractivity contribution in [2.24, 2.45) is 0 Å². The van der Waals surface area contributed by atoms with Crippen molar-refractivity contribution in [3.8, 4) is 11.1 Å². The van der Waals surface area contributed by atoms with Crippen LogP contribution in [0.2, 0.25) is 0 Å². The summed E-state index contributed by atoms with van der Waals surface area (Å²) in [5, 5.41) is 0. The number of hydrogen-bond acceptors (Lipinski definition) is 1. The summed E-state index contributed by atoms with van der Waals surface area (Å²) in [5.41, 5.74) is 5.16. The van der Waals surface area contributed by atoms with E-state index in [-0.39, 0.29) is 0 Å². The highest BCUT2D eigenvalue weighted by Crippen LogP contribution is 2.28. The molecule has 97 valence electrons. The fraction of sp³-hybridized carbons (Fsp3) is 0.333. The number of piperidine rings is 1. The minimum absolute atomic E-state index is 1.19. The molecule has 0 aliphatic carbocycles. The number of benzene rings is 2. The predicted octanol–water partition coefficient (Wildman–Crippen LogP) is 4.45. The van der Waals surface area contributed by atoms with Crippen molar-refractivity contribution in [3.05, 3.63) is 54.1 Å². The molecular formula is C18H20N. The van der Waals surface area contributed by atoms with Crippen molar-refractivity contribution in [1.82, 2.24) is 0 Å². The SMILES string of the molecule is Cc1ccccc1-c1[c]ccc(N2CCCCC2)c1. The maximum atomic E-state index is 3.38. The Labute approximate surface area is 115 Å². The van der Waals surface area contributed by atoms with E-state index in [1.165, 1.54) is 54.7 Å². The van der Waals surface area contributed by atoms with E-state index in [1.807, 2.05) is 0 Å². The Morgan fingerprint density at radius 3 is 2.58 bits per heavy atom. The first-order valence-electron chi connectivity index (χ1n) is 7.17. The molecule has 1 aliphatic rings. The first-order valence-corrected chi connectivity index (χ1v) is 7.17. The quantitative estimate of drug-likeness (QED) is 0.761. The van der Waals surface area contributed by atoms with E-state index in [9.17, 15) is 0 Å². The highest BCUT2D eigenvalue weighted by atomic mass is 15.1. The predicted molar refractivity (Wildman–Crippen MR) is 81.5 cm³/mol. The summed E-state index contributed by atoms with van der Waals surface area (Å²) in [4.78, 5) is 2.50. The molecule has 1 nitrogen and oxygen atoms in total. The third-order valence-corrected chi connectivity index (χ3v) is 3.94. The van der Waals surface area contributed by atoms with E-state index < -0.39 is 0 Å². The molecule has 0 spiro atoms. The van der Waals surface area contributed by atoms with Gasteiger partial charge in [-0.3, -0.25) is 0 Å². The van der Waals surface area contributed by atoms with Crippen LogP contribution in [0.1, 0.15) is 24.8 Å². The molecule has 19 heavy (non-hydrogen) atoms. The van der Waals surface area contributed by atoms with Gasteiger partial charge in [-0.15, -0.1) is 0 Å². The second kappa shape index (κ2) is 5.48. The first kappa shape index (κ1) is 12.3. The minimum Gasteiger partial charge on any atom is -0.372 e. The molecule has 3 rings (SSSR count). The summed E-state index contributed by atoms with van der Waals surface area (Å²) in [6.07, 6.45) is 4.01. The van der Waals surface area contributed by atoms with Gasteiger partial charge >= 0.3 is 0 Å². The lowest BCUT2D eigenvalue weighted by molar-refractivity contribution is 0.578. The van der Waals surface area contributed by atoms with Crippen molar-refractivity contribution < 1.29 is 0 Å². The fourth-order valence-corrected chi connectivity index (χ4v) is 2.83. The number of hydrogen-bond donors (Lipinski definition) is 0. The van der Waals surface area contributed by atoms with Gasteiger partial charge < -0.3 is 4.90 Å². The molecule has 0 amide bonds. The highest BCUT2D eigenvalue weighted by molar-refractivity contribution is 5.70. The summed E-state index contributed by atoms with van der Waals surface area (Å²) in [5.74, 6) is 0. The summed E-state index contributed by atoms with van der Waals surface area (Å²) in [6, 6.07) is 18.4. The molecule has 0 aromatic heterocycles. The molecule has 0 unspecified atom stereocenters. The lowest BCUT2D eigenvalue weighted by atomic mass is 9.99. The maximum Gasteiger partial charge on any atom is 0.0372 e. The molecule has 1 heterocycles. The van der Waals surface area contributed by atoms with E-state index in [0.717, 1.165) is 0 Å². The molecule has 1 saturated heterocycles. The van der Waals surface area contributed by atoms with Crippen LogP contribution in [0, 0.1) is 13.0 Å². The molecule has 0 atom stereocenters. The van der Waals surface area contributed by atoms with Crippen molar-refractivity contribution >= 4 is 5.69 Å². The van der Waals surface area contributed by atoms with Crippen LogP contribution in [0.15, 0.2) is 42.5 Å². The van der Waals surface area contributed by atoms with Crippen molar-refractivity contribution in [2.45, 2.75) is 26.2 Å². The molecule has 1 fully saturated rings. The Balaban J connectivity index is 1.93. The highest BCUT2D eigenvalue weighted by Gasteiger charge is 2.11. The summed E-state index contributed by atoms with van der Waals surface area (Å²) >= 11 is 0. The number of anilines is 1. The van der Waals surface area contributed by atoms with E-state index in [1.54, 1.807) is 0 Å². The zero-order valence-corrected chi connectivity index (χ0v) is 11.5. The standard InChI is InChI=1S/C18H20N/c1-15-8-3-4-11-18(15)16-9-7-10-17(14-16)19-12-5-2-6-13-19/h3-4,7-8,10-11,14H,2,5-6,12-13H2,1H3. The minimum atomic E-state index is 1.19. The van der Waals surface area contributed by atoms with Crippen LogP contribution >= 0.6 is 0 Å². The van der Waals surface area contributed by atoms with Gasteiger partial charge in [-0.2, -0.15) is 0 Å². The first-order chi connectivity index (χ1) is 9.34. The number of aryl methyl sites for hydroxylation is 1. The second-order valence-corrected chi connectivity index (χ2v) is 5.32. The second-order valence-electron chi connectivity index (χ2n) is 5.32. The average Bonchev–Trinajstić information content (AvgIpc) is 2.49. The van der Waals surface area contributed by atoms with E-state index >= 15 is 0 Å². The van der Waals surface area contributed by atoms with Gasteiger partial charge in [0.15, 0.2) is 0 Å². The topological polar surface area (TPSA) is 3.24 Å². The van der Waals surface area contributed by atoms with Crippen molar-refractivity contribution in [2.75, 3.05) is 18.0 Å². The zero-order valence-electron chi connectivity index (χ0n) is 11.5. The molecule has 0 saturated carbocycles. The molecule has 1 aliphatic heterocycles. The lowest BCUT2D eigenvalue weighted by Crippen LogP contribution is -2.29. The average molecular weight is 250 g/mol. The molecule has 0 N–H and O–H groups in total. The lowest BCUT2D eigenvalue weighted by Gasteiger charge is -2.29. The van der Waals surface area contributed by atoms with Crippen LogP contribution in [0.3, 0.4) is 0 Å². The van der Waals surface area contributed by atoms with Crippen molar-refractivity contribution in [3.63, 3.8) is 0 Å². The van der Waals surface area contributed by atoms with Crippen molar-refractivity contribution in [1.29, 1.82) is 0 Å². The van der Waals surface area contributed by atoms with Gasteiger partial charge in [0.05, 0.1) is 0 Å². The number of nitrogens with zero attached hydrogens (tertiary/aromatic N) is 1. The Hall–Kier alpha value is -1.76. The van der Waals surface area contributed by atoms with Gasteiger partial charge in [0.2, 0.25) is 0 Å². The summed E-state index contributed by atoms with van der Waals surface area (Å²) in [6.45, 7) is 4.55. The Kier molecular flexibility index (Phi) is 3.54. The van der Waals surface area contributed by atoms with Crippen LogP contribution in [0.25, 0.3) is 11.1 Å². The Morgan fingerprint density at radius 1 is 1.00 bits per heavy atom. The fourth-order valence-electron chi connectivity index (χ4n) is 2.83. The normalized spacial score (nSPS) is 15.5. The molecule has 2 aromatic carbocycles. The van der Waals surface area contributed by atoms with Crippen LogP contribution in [-0.2, 0) is 0 Å². The molecule has 1 radical (unpaired) electrons. The van der Waals surface area contributed by atoms with Gasteiger partial charge in [0.1, 0.15) is 0 Å². The largest absolute Gasteiger partial charge is 0.372 e. The van der Waals surface area contributed by atoms with Gasteiger partial charge in [0, 0.05) is 18.8 Å². The van der Waals surface area contributed by atoms with E-state index in [2.05, 4.69) is 60.4 Å². The Morgan fingerprint density at radius 2 is 1.79 bits per heavy atom. The molecule has 1 heteroatoms. The Bertz CT molecular complexity index is 553. The molecule has 0 bridgehead atoms. The van der Waals surface area contributed by atoms with Crippen LogP contribution in [0.4, 0.5) is 5.69 Å². The van der Waals surface area contributed by atoms with Crippen LogP contribution in [-0.4, -0.2) is 13.1 Å².